The molecule has 2 amide bonds. The molecule has 0 spiro atoms. The molecule has 4 aromatic rings. The number of carbonyl (C=O) groups is 2. The van der Waals surface area contributed by atoms with E-state index < -0.39 is 0 Å². The van der Waals surface area contributed by atoms with Crippen LogP contribution in [0.25, 0.3) is 5.69 Å². The molecule has 2 N–H and O–H groups in total. The largest absolute Gasteiger partial charge is 0.345 e. The van der Waals surface area contributed by atoms with Crippen molar-refractivity contribution in [2.45, 2.75) is 32.5 Å². The zero-order valence-corrected chi connectivity index (χ0v) is 21.0. The van der Waals surface area contributed by atoms with Crippen LogP contribution in [0.5, 0.6) is 0 Å². The van der Waals surface area contributed by atoms with Gasteiger partial charge in [-0.15, -0.1) is 10.2 Å². The van der Waals surface area contributed by atoms with E-state index in [0.29, 0.717) is 22.2 Å². The van der Waals surface area contributed by atoms with Gasteiger partial charge in [0.25, 0.3) is 5.91 Å². The van der Waals surface area contributed by atoms with Crippen LogP contribution in [0.15, 0.2) is 71.9 Å². The van der Waals surface area contributed by atoms with Crippen molar-refractivity contribution in [3.63, 3.8) is 0 Å². The first kappa shape index (κ1) is 25.1. The fourth-order valence-corrected chi connectivity index (χ4v) is 4.38. The highest BCUT2D eigenvalue weighted by molar-refractivity contribution is 7.99. The molecule has 0 aliphatic carbocycles. The predicted octanol–water partition coefficient (Wildman–Crippen LogP) is 4.99. The Bertz CT molecular complexity index is 1400. The number of hydrogen-bond donors (Lipinski definition) is 2. The van der Waals surface area contributed by atoms with Gasteiger partial charge in [0, 0.05) is 11.3 Å². The van der Waals surface area contributed by atoms with E-state index in [-0.39, 0.29) is 29.9 Å². The van der Waals surface area contributed by atoms with E-state index in [1.807, 2.05) is 61.7 Å². The Morgan fingerprint density at radius 3 is 2.44 bits per heavy atom. The lowest BCUT2D eigenvalue weighted by Gasteiger charge is -2.14. The summed E-state index contributed by atoms with van der Waals surface area (Å²) in [5.74, 6) is -0.202. The molecule has 0 aliphatic heterocycles. The summed E-state index contributed by atoms with van der Waals surface area (Å²) in [5, 5.41) is 14.8. The molecule has 0 fully saturated rings. The van der Waals surface area contributed by atoms with Crippen LogP contribution in [-0.2, 0) is 11.3 Å². The third-order valence-corrected chi connectivity index (χ3v) is 6.38. The minimum absolute atomic E-state index is 0.0794. The highest BCUT2D eigenvalue weighted by Crippen LogP contribution is 2.25. The van der Waals surface area contributed by atoms with Gasteiger partial charge in [0.15, 0.2) is 11.0 Å². The summed E-state index contributed by atoms with van der Waals surface area (Å²) in [6.07, 6.45) is 0. The van der Waals surface area contributed by atoms with Crippen molar-refractivity contribution in [1.29, 1.82) is 0 Å². The van der Waals surface area contributed by atoms with Gasteiger partial charge in [-0.3, -0.25) is 14.2 Å². The number of nitrogens with zero attached hydrogens (tertiary/aromatic N) is 3. The van der Waals surface area contributed by atoms with Gasteiger partial charge >= 0.3 is 0 Å². The van der Waals surface area contributed by atoms with Crippen LogP contribution < -0.4 is 10.6 Å². The van der Waals surface area contributed by atoms with Crippen molar-refractivity contribution in [2.75, 3.05) is 11.1 Å². The Kier molecular flexibility index (Phi) is 7.80. The molecule has 0 radical (unpaired) electrons. The first-order chi connectivity index (χ1) is 17.3. The van der Waals surface area contributed by atoms with Crippen molar-refractivity contribution in [3.8, 4) is 5.69 Å². The fraction of sp³-hybridized carbons (Fsp3) is 0.185. The van der Waals surface area contributed by atoms with Gasteiger partial charge in [-0.1, -0.05) is 41.6 Å². The second kappa shape index (κ2) is 11.2. The summed E-state index contributed by atoms with van der Waals surface area (Å²) in [6.45, 7) is 6.08. The lowest BCUT2D eigenvalue weighted by Crippen LogP contribution is -2.25. The molecule has 36 heavy (non-hydrogen) atoms. The van der Waals surface area contributed by atoms with Gasteiger partial charge in [0.05, 0.1) is 18.0 Å². The maximum absolute atomic E-state index is 13.1. The standard InChI is InChI=1S/C27H26FN5O2S/c1-17-5-4-6-20(13-17)26(35)29-15-24-31-32-27(33(24)23-14-18(2)7-8-19(23)3)36-16-25(34)30-22-11-9-21(28)10-12-22/h4-14H,15-16H2,1-3H3,(H,29,35)(H,30,34). The van der Waals surface area contributed by atoms with Crippen LogP contribution in [0.3, 0.4) is 0 Å². The van der Waals surface area contributed by atoms with Crippen LogP contribution >= 0.6 is 11.8 Å². The maximum Gasteiger partial charge on any atom is 0.251 e. The molecule has 1 heterocycles. The topological polar surface area (TPSA) is 88.9 Å². The van der Waals surface area contributed by atoms with Crippen LogP contribution in [0.2, 0.25) is 0 Å². The van der Waals surface area contributed by atoms with E-state index in [4.69, 9.17) is 0 Å². The zero-order chi connectivity index (χ0) is 25.7. The SMILES string of the molecule is Cc1cccc(C(=O)NCc2nnc(SCC(=O)Nc3ccc(F)cc3)n2-c2cc(C)ccc2C)c1. The lowest BCUT2D eigenvalue weighted by molar-refractivity contribution is -0.113. The number of thioether (sulfide) groups is 1. The summed E-state index contributed by atoms with van der Waals surface area (Å²) in [4.78, 5) is 25.2. The molecule has 0 saturated heterocycles. The number of aryl methyl sites for hydroxylation is 3. The van der Waals surface area contributed by atoms with Crippen molar-refractivity contribution < 1.29 is 14.0 Å². The molecule has 3 aromatic carbocycles. The highest BCUT2D eigenvalue weighted by Gasteiger charge is 2.18. The van der Waals surface area contributed by atoms with Crippen LogP contribution in [0, 0.1) is 26.6 Å². The fourth-order valence-electron chi connectivity index (χ4n) is 3.62. The summed E-state index contributed by atoms with van der Waals surface area (Å²) in [7, 11) is 0. The Morgan fingerprint density at radius 1 is 0.944 bits per heavy atom. The number of carbonyl (C=O) groups excluding carboxylic acids is 2. The van der Waals surface area contributed by atoms with E-state index in [1.54, 1.807) is 6.07 Å². The number of benzene rings is 3. The van der Waals surface area contributed by atoms with Gasteiger partial charge in [-0.25, -0.2) is 4.39 Å². The van der Waals surface area contributed by atoms with Crippen LogP contribution in [0.1, 0.15) is 32.9 Å². The lowest BCUT2D eigenvalue weighted by atomic mass is 10.1. The zero-order valence-electron chi connectivity index (χ0n) is 20.2. The van der Waals surface area contributed by atoms with Crippen molar-refractivity contribution in [3.05, 3.63) is 101 Å². The smallest absolute Gasteiger partial charge is 0.251 e. The van der Waals surface area contributed by atoms with Gasteiger partial charge in [0.1, 0.15) is 5.82 Å². The number of hydrogen-bond acceptors (Lipinski definition) is 5. The molecule has 0 atom stereocenters. The Morgan fingerprint density at radius 2 is 1.69 bits per heavy atom. The quantitative estimate of drug-likeness (QED) is 0.331. The normalized spacial score (nSPS) is 10.8. The van der Waals surface area contributed by atoms with Gasteiger partial charge in [0.2, 0.25) is 5.91 Å². The minimum Gasteiger partial charge on any atom is -0.345 e. The Labute approximate surface area is 213 Å². The average molecular weight is 504 g/mol. The van der Waals surface area contributed by atoms with Crippen LogP contribution in [0.4, 0.5) is 10.1 Å². The monoisotopic (exact) mass is 503 g/mol. The van der Waals surface area contributed by atoms with Gasteiger partial charge < -0.3 is 10.6 Å². The molecule has 0 aliphatic rings. The van der Waals surface area contributed by atoms with Gasteiger partial charge in [-0.05, 0) is 74.4 Å². The molecule has 0 saturated carbocycles. The molecule has 4 rings (SSSR count). The highest BCUT2D eigenvalue weighted by atomic mass is 32.2. The molecule has 0 bridgehead atoms. The average Bonchev–Trinajstić information content (AvgIpc) is 3.26. The molecule has 7 nitrogen and oxygen atoms in total. The van der Waals surface area contributed by atoms with E-state index in [0.717, 1.165) is 22.4 Å². The summed E-state index contributed by atoms with van der Waals surface area (Å²) in [6, 6.07) is 19.0. The van der Waals surface area contributed by atoms with Gasteiger partial charge in [-0.2, -0.15) is 0 Å². The number of anilines is 1. The molecular weight excluding hydrogens is 477 g/mol. The molecule has 0 unspecified atom stereocenters. The third-order valence-electron chi connectivity index (χ3n) is 5.45. The molecule has 184 valence electrons. The predicted molar refractivity (Wildman–Crippen MR) is 139 cm³/mol. The number of amides is 2. The third kappa shape index (κ3) is 6.17. The van der Waals surface area contributed by atoms with Crippen molar-refractivity contribution in [1.82, 2.24) is 20.1 Å². The first-order valence-corrected chi connectivity index (χ1v) is 12.3. The minimum atomic E-state index is -0.369. The Hall–Kier alpha value is -3.98. The van der Waals surface area contributed by atoms with E-state index in [2.05, 4.69) is 20.8 Å². The maximum atomic E-state index is 13.1. The van der Waals surface area contributed by atoms with Crippen molar-refractivity contribution in [2.24, 2.45) is 0 Å². The summed E-state index contributed by atoms with van der Waals surface area (Å²) in [5.41, 5.74) is 5.02. The Balaban J connectivity index is 1.54. The molecule has 9 heteroatoms. The number of aromatic nitrogens is 3. The summed E-state index contributed by atoms with van der Waals surface area (Å²) < 4.78 is 15.0. The first-order valence-electron chi connectivity index (χ1n) is 11.3. The number of halogens is 1. The van der Waals surface area contributed by atoms with E-state index >= 15 is 0 Å². The van der Waals surface area contributed by atoms with E-state index in [1.165, 1.54) is 36.0 Å². The molecular formula is C27H26FN5O2S. The van der Waals surface area contributed by atoms with E-state index in [9.17, 15) is 14.0 Å². The second-order valence-electron chi connectivity index (χ2n) is 8.42. The second-order valence-corrected chi connectivity index (χ2v) is 9.36. The summed E-state index contributed by atoms with van der Waals surface area (Å²) >= 11 is 1.23. The number of nitrogens with one attached hydrogen (secondary N) is 2. The molecule has 1 aromatic heterocycles. The van der Waals surface area contributed by atoms with Crippen molar-refractivity contribution >= 4 is 29.3 Å². The van der Waals surface area contributed by atoms with Crippen LogP contribution in [-0.4, -0.2) is 32.3 Å². The number of rotatable bonds is 8.